The van der Waals surface area contributed by atoms with Crippen LogP contribution in [0.25, 0.3) is 0 Å². The van der Waals surface area contributed by atoms with Crippen molar-refractivity contribution >= 4 is 0 Å². The predicted octanol–water partition coefficient (Wildman–Crippen LogP) is 3.34. The van der Waals surface area contributed by atoms with Crippen LogP contribution in [0.1, 0.15) is 51.6 Å². The molecular weight excluding hydrogens is 224 g/mol. The first kappa shape index (κ1) is 15.3. The normalized spacial score (nSPS) is 16.4. The van der Waals surface area contributed by atoms with E-state index in [1.54, 1.807) is 6.26 Å². The zero-order chi connectivity index (χ0) is 13.4. The third-order valence-electron chi connectivity index (χ3n) is 3.69. The summed E-state index contributed by atoms with van der Waals surface area (Å²) >= 11 is 0. The van der Waals surface area contributed by atoms with Gasteiger partial charge in [-0.25, -0.2) is 0 Å². The zero-order valence-corrected chi connectivity index (χ0v) is 12.2. The molecule has 0 saturated carbocycles. The van der Waals surface area contributed by atoms with E-state index in [1.165, 1.54) is 12.0 Å². The molecule has 3 heteroatoms. The van der Waals surface area contributed by atoms with Crippen molar-refractivity contribution in [2.24, 2.45) is 5.92 Å². The minimum Gasteiger partial charge on any atom is -0.472 e. The summed E-state index contributed by atoms with van der Waals surface area (Å²) in [7, 11) is 2.05. The van der Waals surface area contributed by atoms with Gasteiger partial charge in [-0.05, 0) is 44.8 Å². The van der Waals surface area contributed by atoms with E-state index >= 15 is 0 Å². The molecule has 0 spiro atoms. The molecule has 0 saturated heterocycles. The van der Waals surface area contributed by atoms with Crippen LogP contribution < -0.4 is 10.6 Å². The quantitative estimate of drug-likeness (QED) is 0.708. The van der Waals surface area contributed by atoms with Crippen LogP contribution in [0.3, 0.4) is 0 Å². The Balaban J connectivity index is 2.60. The second kappa shape index (κ2) is 8.33. The molecular formula is C15H28N2O. The molecule has 18 heavy (non-hydrogen) atoms. The number of furan rings is 1. The van der Waals surface area contributed by atoms with Gasteiger partial charge >= 0.3 is 0 Å². The van der Waals surface area contributed by atoms with Gasteiger partial charge in [-0.2, -0.15) is 0 Å². The Bertz CT molecular complexity index is 293. The van der Waals surface area contributed by atoms with E-state index < -0.39 is 0 Å². The summed E-state index contributed by atoms with van der Waals surface area (Å²) in [6, 6.07) is 3.06. The monoisotopic (exact) mass is 252 g/mol. The third kappa shape index (κ3) is 4.46. The Labute approximate surface area is 111 Å². The first-order valence-electron chi connectivity index (χ1n) is 7.15. The summed E-state index contributed by atoms with van der Waals surface area (Å²) in [5.74, 6) is 0.643. The van der Waals surface area contributed by atoms with E-state index in [0.717, 1.165) is 19.4 Å². The van der Waals surface area contributed by atoms with Crippen molar-refractivity contribution in [2.45, 2.75) is 52.1 Å². The first-order chi connectivity index (χ1) is 8.72. The molecule has 0 aliphatic carbocycles. The summed E-state index contributed by atoms with van der Waals surface area (Å²) in [6.07, 6.45) is 7.09. The van der Waals surface area contributed by atoms with E-state index in [2.05, 4.69) is 44.5 Å². The topological polar surface area (TPSA) is 37.2 Å². The van der Waals surface area contributed by atoms with Crippen molar-refractivity contribution in [1.82, 2.24) is 10.6 Å². The lowest BCUT2D eigenvalue weighted by atomic mass is 9.90. The molecule has 1 aromatic rings. The summed E-state index contributed by atoms with van der Waals surface area (Å²) in [5, 5.41) is 7.03. The molecule has 2 N–H and O–H groups in total. The average molecular weight is 252 g/mol. The summed E-state index contributed by atoms with van der Waals surface area (Å²) in [6.45, 7) is 7.82. The third-order valence-corrected chi connectivity index (χ3v) is 3.69. The largest absolute Gasteiger partial charge is 0.472 e. The van der Waals surface area contributed by atoms with Crippen LogP contribution in [-0.2, 0) is 0 Å². The zero-order valence-electron chi connectivity index (χ0n) is 12.2. The smallest absolute Gasteiger partial charge is 0.0950 e. The van der Waals surface area contributed by atoms with E-state index in [1.807, 2.05) is 6.26 Å². The lowest BCUT2D eigenvalue weighted by Gasteiger charge is -2.27. The highest BCUT2D eigenvalue weighted by Crippen LogP contribution is 2.24. The van der Waals surface area contributed by atoms with Gasteiger partial charge in [-0.1, -0.05) is 20.8 Å². The Morgan fingerprint density at radius 1 is 1.33 bits per heavy atom. The first-order valence-corrected chi connectivity index (χ1v) is 7.15. The maximum absolute atomic E-state index is 5.21. The van der Waals surface area contributed by atoms with Crippen molar-refractivity contribution < 1.29 is 4.42 Å². The van der Waals surface area contributed by atoms with Gasteiger partial charge < -0.3 is 15.1 Å². The molecule has 0 aliphatic rings. The van der Waals surface area contributed by atoms with Crippen LogP contribution >= 0.6 is 0 Å². The second-order valence-electron chi connectivity index (χ2n) is 5.08. The van der Waals surface area contributed by atoms with Gasteiger partial charge in [-0.3, -0.25) is 0 Å². The van der Waals surface area contributed by atoms with E-state index in [0.29, 0.717) is 18.0 Å². The van der Waals surface area contributed by atoms with Crippen LogP contribution in [0.5, 0.6) is 0 Å². The summed E-state index contributed by atoms with van der Waals surface area (Å²) < 4.78 is 5.21. The predicted molar refractivity (Wildman–Crippen MR) is 76.7 cm³/mol. The van der Waals surface area contributed by atoms with Gasteiger partial charge in [0.05, 0.1) is 12.5 Å². The van der Waals surface area contributed by atoms with Gasteiger partial charge in [0.25, 0.3) is 0 Å². The number of hydrogen-bond acceptors (Lipinski definition) is 3. The molecule has 0 amide bonds. The highest BCUT2D eigenvalue weighted by atomic mass is 16.3. The van der Waals surface area contributed by atoms with Gasteiger partial charge in [0, 0.05) is 17.6 Å². The number of rotatable bonds is 9. The molecule has 1 heterocycles. The lowest BCUT2D eigenvalue weighted by Crippen LogP contribution is -2.34. The van der Waals surface area contributed by atoms with Crippen LogP contribution in [0.2, 0.25) is 0 Å². The molecule has 1 aromatic heterocycles. The fourth-order valence-electron chi connectivity index (χ4n) is 2.56. The molecule has 0 aliphatic heterocycles. The van der Waals surface area contributed by atoms with Crippen molar-refractivity contribution in [3.63, 3.8) is 0 Å². The number of hydrogen-bond donors (Lipinski definition) is 2. The average Bonchev–Trinajstić information content (AvgIpc) is 2.89. The van der Waals surface area contributed by atoms with Gasteiger partial charge in [0.15, 0.2) is 0 Å². The standard InChI is InChI=1S/C15H28N2O/c1-5-8-17-15(13-7-9-18-11-13)10-12(3)14(6-2)16-4/h7,9,11-12,14-17H,5-6,8,10H2,1-4H3. The molecule has 104 valence electrons. The second-order valence-corrected chi connectivity index (χ2v) is 5.08. The van der Waals surface area contributed by atoms with Crippen LogP contribution in [-0.4, -0.2) is 19.6 Å². The Morgan fingerprint density at radius 3 is 2.61 bits per heavy atom. The fourth-order valence-corrected chi connectivity index (χ4v) is 2.56. The van der Waals surface area contributed by atoms with Crippen molar-refractivity contribution in [2.75, 3.05) is 13.6 Å². The Hall–Kier alpha value is -0.800. The maximum Gasteiger partial charge on any atom is 0.0950 e. The maximum atomic E-state index is 5.21. The van der Waals surface area contributed by atoms with Crippen molar-refractivity contribution in [1.29, 1.82) is 0 Å². The van der Waals surface area contributed by atoms with Crippen molar-refractivity contribution in [3.05, 3.63) is 24.2 Å². The SMILES string of the molecule is CCCNC(CC(C)C(CC)NC)c1ccoc1. The highest BCUT2D eigenvalue weighted by molar-refractivity contribution is 5.11. The minimum atomic E-state index is 0.404. The summed E-state index contributed by atoms with van der Waals surface area (Å²) in [5.41, 5.74) is 1.27. The Morgan fingerprint density at radius 2 is 2.11 bits per heavy atom. The van der Waals surface area contributed by atoms with E-state index in [-0.39, 0.29) is 0 Å². The molecule has 0 fully saturated rings. The van der Waals surface area contributed by atoms with E-state index in [4.69, 9.17) is 4.42 Å². The molecule has 3 nitrogen and oxygen atoms in total. The Kier molecular flexibility index (Phi) is 7.06. The molecule has 0 aromatic carbocycles. The van der Waals surface area contributed by atoms with Gasteiger partial charge in [0.2, 0.25) is 0 Å². The molecule has 1 rings (SSSR count). The summed E-state index contributed by atoms with van der Waals surface area (Å²) in [4.78, 5) is 0. The fraction of sp³-hybridized carbons (Fsp3) is 0.733. The van der Waals surface area contributed by atoms with Gasteiger partial charge in [-0.15, -0.1) is 0 Å². The van der Waals surface area contributed by atoms with Gasteiger partial charge in [0.1, 0.15) is 0 Å². The molecule has 3 unspecified atom stereocenters. The minimum absolute atomic E-state index is 0.404. The van der Waals surface area contributed by atoms with Crippen LogP contribution in [0.15, 0.2) is 23.0 Å². The highest BCUT2D eigenvalue weighted by Gasteiger charge is 2.20. The van der Waals surface area contributed by atoms with Crippen LogP contribution in [0, 0.1) is 5.92 Å². The molecule has 3 atom stereocenters. The van der Waals surface area contributed by atoms with Crippen molar-refractivity contribution in [3.8, 4) is 0 Å². The molecule has 0 bridgehead atoms. The van der Waals surface area contributed by atoms with E-state index in [9.17, 15) is 0 Å². The lowest BCUT2D eigenvalue weighted by molar-refractivity contribution is 0.322. The molecule has 0 radical (unpaired) electrons. The number of nitrogens with one attached hydrogen (secondary N) is 2. The van der Waals surface area contributed by atoms with Crippen LogP contribution in [0.4, 0.5) is 0 Å².